The number of rotatable bonds is 5. The predicted octanol–water partition coefficient (Wildman–Crippen LogP) is 2.37. The second-order valence-electron chi connectivity index (χ2n) is 6.12. The normalized spacial score (nSPS) is 15.4. The highest BCUT2D eigenvalue weighted by Gasteiger charge is 2.12. The highest BCUT2D eigenvalue weighted by molar-refractivity contribution is 5.93. The van der Waals surface area contributed by atoms with E-state index >= 15 is 0 Å². The smallest absolute Gasteiger partial charge is 0.195 e. The van der Waals surface area contributed by atoms with Gasteiger partial charge in [-0.05, 0) is 24.1 Å². The molecule has 0 fully saturated rings. The first-order chi connectivity index (χ1) is 12.2. The van der Waals surface area contributed by atoms with Gasteiger partial charge in [0.15, 0.2) is 17.5 Å². The van der Waals surface area contributed by atoms with Crippen LogP contribution in [-0.2, 0) is 6.54 Å². The van der Waals surface area contributed by atoms with Gasteiger partial charge in [-0.1, -0.05) is 6.92 Å². The van der Waals surface area contributed by atoms with Gasteiger partial charge >= 0.3 is 0 Å². The van der Waals surface area contributed by atoms with Crippen molar-refractivity contribution in [2.24, 2.45) is 10.9 Å². The molecule has 25 heavy (non-hydrogen) atoms. The Hall–Kier alpha value is -2.70. The fourth-order valence-corrected chi connectivity index (χ4v) is 2.62. The molecule has 2 heterocycles. The van der Waals surface area contributed by atoms with Crippen LogP contribution in [0.1, 0.15) is 13.3 Å². The Balaban J connectivity index is 1.54. The van der Waals surface area contributed by atoms with Crippen LogP contribution in [0.25, 0.3) is 0 Å². The van der Waals surface area contributed by atoms with E-state index in [0.717, 1.165) is 42.7 Å². The number of hydrogen-bond acceptors (Lipinski definition) is 4. The van der Waals surface area contributed by atoms with Crippen molar-refractivity contribution in [3.05, 3.63) is 36.7 Å². The summed E-state index contributed by atoms with van der Waals surface area (Å²) in [6.45, 7) is 5.20. The average molecular weight is 343 g/mol. The van der Waals surface area contributed by atoms with E-state index < -0.39 is 0 Å². The van der Waals surface area contributed by atoms with Crippen molar-refractivity contribution in [1.82, 2.24) is 15.1 Å². The number of nitrogens with zero attached hydrogens (tertiary/aromatic N) is 3. The summed E-state index contributed by atoms with van der Waals surface area (Å²) in [5.74, 6) is 2.70. The van der Waals surface area contributed by atoms with Crippen molar-refractivity contribution in [3.8, 4) is 11.5 Å². The van der Waals surface area contributed by atoms with Gasteiger partial charge < -0.3 is 20.1 Å². The molecule has 2 N–H and O–H groups in total. The Morgan fingerprint density at radius 2 is 2.16 bits per heavy atom. The minimum Gasteiger partial charge on any atom is -0.490 e. The Morgan fingerprint density at radius 1 is 1.32 bits per heavy atom. The fraction of sp³-hybridized carbons (Fsp3) is 0.444. The molecule has 1 aromatic carbocycles. The van der Waals surface area contributed by atoms with Crippen molar-refractivity contribution < 1.29 is 9.47 Å². The maximum atomic E-state index is 5.73. The highest BCUT2D eigenvalue weighted by Crippen LogP contribution is 2.32. The molecular formula is C18H25N5O2. The van der Waals surface area contributed by atoms with Gasteiger partial charge in [0, 0.05) is 50.7 Å². The third-order valence-electron chi connectivity index (χ3n) is 3.91. The van der Waals surface area contributed by atoms with Crippen molar-refractivity contribution >= 4 is 11.6 Å². The predicted molar refractivity (Wildman–Crippen MR) is 98.4 cm³/mol. The fourth-order valence-electron chi connectivity index (χ4n) is 2.62. The molecule has 0 spiro atoms. The number of nitrogens with one attached hydrogen (secondary N) is 2. The summed E-state index contributed by atoms with van der Waals surface area (Å²) in [5.41, 5.74) is 0.914. The standard InChI is InChI=1S/C18H25N5O2/c1-14(13-23-8-3-7-21-23)12-20-18(19-2)22-15-5-6-16-17(11-15)25-10-4-9-24-16/h3,5-8,11,14H,4,9-10,12-13H2,1-2H3,(H2,19,20,22). The van der Waals surface area contributed by atoms with Crippen LogP contribution in [0, 0.1) is 5.92 Å². The molecule has 0 amide bonds. The number of anilines is 1. The lowest BCUT2D eigenvalue weighted by atomic mass is 10.2. The number of guanidine groups is 1. The van der Waals surface area contributed by atoms with E-state index in [-0.39, 0.29) is 0 Å². The van der Waals surface area contributed by atoms with E-state index in [1.165, 1.54) is 0 Å². The van der Waals surface area contributed by atoms with Crippen molar-refractivity contribution in [3.63, 3.8) is 0 Å². The third kappa shape index (κ3) is 4.89. The second kappa shape index (κ2) is 8.41. The molecule has 134 valence electrons. The van der Waals surface area contributed by atoms with Crippen LogP contribution in [-0.4, -0.2) is 42.5 Å². The summed E-state index contributed by atoms with van der Waals surface area (Å²) in [7, 11) is 1.76. The molecule has 7 heteroatoms. The van der Waals surface area contributed by atoms with Gasteiger partial charge in [-0.25, -0.2) is 0 Å². The van der Waals surface area contributed by atoms with Crippen LogP contribution >= 0.6 is 0 Å². The van der Waals surface area contributed by atoms with Gasteiger partial charge in [-0.15, -0.1) is 0 Å². The van der Waals surface area contributed by atoms with Gasteiger partial charge in [-0.3, -0.25) is 9.67 Å². The summed E-state index contributed by atoms with van der Waals surface area (Å²) < 4.78 is 13.3. The van der Waals surface area contributed by atoms with Crippen LogP contribution in [0.4, 0.5) is 5.69 Å². The van der Waals surface area contributed by atoms with Crippen LogP contribution in [0.15, 0.2) is 41.7 Å². The summed E-state index contributed by atoms with van der Waals surface area (Å²) >= 11 is 0. The van der Waals surface area contributed by atoms with E-state index in [0.29, 0.717) is 19.1 Å². The van der Waals surface area contributed by atoms with E-state index in [2.05, 4.69) is 27.6 Å². The van der Waals surface area contributed by atoms with Gasteiger partial charge in [0.1, 0.15) is 0 Å². The Labute approximate surface area is 148 Å². The first-order valence-corrected chi connectivity index (χ1v) is 8.59. The molecule has 0 saturated carbocycles. The topological polar surface area (TPSA) is 72.7 Å². The van der Waals surface area contributed by atoms with Crippen LogP contribution in [0.3, 0.4) is 0 Å². The summed E-state index contributed by atoms with van der Waals surface area (Å²) in [6.07, 6.45) is 4.67. The van der Waals surface area contributed by atoms with Crippen molar-refractivity contribution in [2.75, 3.05) is 32.1 Å². The number of aromatic nitrogens is 2. The maximum Gasteiger partial charge on any atom is 0.195 e. The Bertz CT molecular complexity index is 699. The lowest BCUT2D eigenvalue weighted by Gasteiger charge is -2.17. The van der Waals surface area contributed by atoms with Gasteiger partial charge in [0.25, 0.3) is 0 Å². The van der Waals surface area contributed by atoms with Gasteiger partial charge in [0.05, 0.1) is 13.2 Å². The van der Waals surface area contributed by atoms with Crippen LogP contribution in [0.2, 0.25) is 0 Å². The van der Waals surface area contributed by atoms with E-state index in [1.807, 2.05) is 35.1 Å². The summed E-state index contributed by atoms with van der Waals surface area (Å²) in [6, 6.07) is 7.77. The minimum atomic E-state index is 0.419. The van der Waals surface area contributed by atoms with E-state index in [9.17, 15) is 0 Å². The number of benzene rings is 1. The Morgan fingerprint density at radius 3 is 2.92 bits per heavy atom. The van der Waals surface area contributed by atoms with Crippen molar-refractivity contribution in [2.45, 2.75) is 19.9 Å². The molecule has 0 bridgehead atoms. The largest absolute Gasteiger partial charge is 0.490 e. The number of aliphatic imine (C=N–C) groups is 1. The molecule has 1 atom stereocenters. The molecule has 1 aliphatic rings. The molecule has 1 unspecified atom stereocenters. The second-order valence-corrected chi connectivity index (χ2v) is 6.12. The average Bonchev–Trinajstić information content (AvgIpc) is 3.01. The molecule has 3 rings (SSSR count). The molecule has 0 saturated heterocycles. The zero-order valence-corrected chi connectivity index (χ0v) is 14.7. The SMILES string of the molecule is CN=C(NCC(C)Cn1cccn1)Nc1ccc2c(c1)OCCCO2. The van der Waals surface area contributed by atoms with E-state index in [1.54, 1.807) is 13.2 Å². The van der Waals surface area contributed by atoms with Crippen LogP contribution < -0.4 is 20.1 Å². The molecular weight excluding hydrogens is 318 g/mol. The summed E-state index contributed by atoms with van der Waals surface area (Å²) in [5, 5.41) is 10.9. The first kappa shape index (κ1) is 17.1. The number of hydrogen-bond donors (Lipinski definition) is 2. The molecule has 1 aliphatic heterocycles. The van der Waals surface area contributed by atoms with Crippen molar-refractivity contribution in [1.29, 1.82) is 0 Å². The Kier molecular flexibility index (Phi) is 5.77. The maximum absolute atomic E-state index is 5.73. The lowest BCUT2D eigenvalue weighted by molar-refractivity contribution is 0.297. The van der Waals surface area contributed by atoms with Gasteiger partial charge in [-0.2, -0.15) is 5.10 Å². The van der Waals surface area contributed by atoms with E-state index in [4.69, 9.17) is 9.47 Å². The highest BCUT2D eigenvalue weighted by atomic mass is 16.5. The number of fused-ring (bicyclic) bond motifs is 1. The lowest BCUT2D eigenvalue weighted by Crippen LogP contribution is -2.35. The van der Waals surface area contributed by atoms with Gasteiger partial charge in [0.2, 0.25) is 0 Å². The molecule has 0 radical (unpaired) electrons. The third-order valence-corrected chi connectivity index (χ3v) is 3.91. The minimum absolute atomic E-state index is 0.419. The number of ether oxygens (including phenoxy) is 2. The molecule has 7 nitrogen and oxygen atoms in total. The monoisotopic (exact) mass is 343 g/mol. The zero-order chi connectivity index (χ0) is 17.5. The first-order valence-electron chi connectivity index (χ1n) is 8.59. The zero-order valence-electron chi connectivity index (χ0n) is 14.7. The van der Waals surface area contributed by atoms with Crippen LogP contribution in [0.5, 0.6) is 11.5 Å². The molecule has 2 aromatic rings. The molecule has 1 aromatic heterocycles. The quantitative estimate of drug-likeness (QED) is 0.644. The molecule has 0 aliphatic carbocycles. The summed E-state index contributed by atoms with van der Waals surface area (Å²) in [4.78, 5) is 4.28.